The molecule has 1 heterocycles. The normalized spacial score (nSPS) is 11.8. The van der Waals surface area contributed by atoms with Gasteiger partial charge < -0.3 is 22.2 Å². The highest BCUT2D eigenvalue weighted by Gasteiger charge is 2.14. The molecule has 1 aromatic heterocycles. The molecule has 7 N–H and O–H groups in total. The lowest BCUT2D eigenvalue weighted by molar-refractivity contribution is 0.639. The Labute approximate surface area is 106 Å². The molecular weight excluding hydrogens is 261 g/mol. The molecule has 0 aliphatic carbocycles. The Morgan fingerprint density at radius 2 is 2.11 bits per heavy atom. The minimum Gasteiger partial charge on any atom is -0.370 e. The van der Waals surface area contributed by atoms with Gasteiger partial charge in [0, 0.05) is 0 Å². The van der Waals surface area contributed by atoms with E-state index in [9.17, 15) is 4.39 Å². The van der Waals surface area contributed by atoms with E-state index in [4.69, 9.17) is 28.8 Å². The Hall–Kier alpha value is -2.35. The first kappa shape index (κ1) is 12.1. The average Bonchev–Trinajstić information content (AvgIpc) is 2.71. The van der Waals surface area contributed by atoms with Gasteiger partial charge in [-0.3, -0.25) is 0 Å². The van der Waals surface area contributed by atoms with Crippen LogP contribution in [0, 0.1) is 5.82 Å². The highest BCUT2D eigenvalue weighted by Crippen LogP contribution is 2.32. The molecule has 2 aromatic rings. The number of nitrogens with two attached hydrogens (primary N) is 3. The molecule has 0 spiro atoms. The van der Waals surface area contributed by atoms with Crippen LogP contribution in [0.4, 0.5) is 10.1 Å². The van der Waals surface area contributed by atoms with Crippen molar-refractivity contribution in [3.8, 4) is 0 Å². The Morgan fingerprint density at radius 1 is 1.39 bits per heavy atom. The first-order valence-corrected chi connectivity index (χ1v) is 5.11. The summed E-state index contributed by atoms with van der Waals surface area (Å²) in [6.45, 7) is 0. The number of imidazole rings is 1. The number of aromatic nitrogens is 2. The molecule has 0 bridgehead atoms. The molecule has 1 aromatic carbocycles. The van der Waals surface area contributed by atoms with Crippen molar-refractivity contribution in [2.75, 3.05) is 0 Å². The summed E-state index contributed by atoms with van der Waals surface area (Å²) in [6.07, 6.45) is 1.34. The standard InChI is InChI=1S/C9H9ClFN7/c10-3-1-4-7(16-2-15-4)5(11)6(3)17-9(14)18-8(12)13/h1-2H,(H,15,16)(H6,12,13,14,17,18). The molecule has 2 rings (SSSR count). The zero-order valence-corrected chi connectivity index (χ0v) is 9.74. The van der Waals surface area contributed by atoms with E-state index in [0.29, 0.717) is 5.52 Å². The van der Waals surface area contributed by atoms with Crippen LogP contribution in [0.5, 0.6) is 0 Å². The van der Waals surface area contributed by atoms with Crippen molar-refractivity contribution in [2.45, 2.75) is 0 Å². The molecule has 0 saturated heterocycles. The molecule has 18 heavy (non-hydrogen) atoms. The molecule has 0 fully saturated rings. The quantitative estimate of drug-likeness (QED) is 0.445. The van der Waals surface area contributed by atoms with Crippen molar-refractivity contribution >= 4 is 40.2 Å². The summed E-state index contributed by atoms with van der Waals surface area (Å²) in [5, 5.41) is 0.0676. The summed E-state index contributed by atoms with van der Waals surface area (Å²) in [5.41, 5.74) is 16.0. The van der Waals surface area contributed by atoms with Gasteiger partial charge in [-0.05, 0) is 6.07 Å². The van der Waals surface area contributed by atoms with Crippen LogP contribution in [0.15, 0.2) is 22.4 Å². The zero-order valence-electron chi connectivity index (χ0n) is 8.98. The highest BCUT2D eigenvalue weighted by molar-refractivity contribution is 6.34. The van der Waals surface area contributed by atoms with E-state index in [1.807, 2.05) is 0 Å². The van der Waals surface area contributed by atoms with Gasteiger partial charge in [0.1, 0.15) is 11.2 Å². The van der Waals surface area contributed by atoms with E-state index in [-0.39, 0.29) is 28.1 Å². The number of fused-ring (bicyclic) bond motifs is 1. The lowest BCUT2D eigenvalue weighted by Crippen LogP contribution is -2.26. The molecule has 0 radical (unpaired) electrons. The summed E-state index contributed by atoms with van der Waals surface area (Å²) in [4.78, 5) is 13.7. The monoisotopic (exact) mass is 269 g/mol. The van der Waals surface area contributed by atoms with Gasteiger partial charge >= 0.3 is 0 Å². The van der Waals surface area contributed by atoms with Gasteiger partial charge in [-0.2, -0.15) is 4.99 Å². The van der Waals surface area contributed by atoms with Crippen molar-refractivity contribution in [2.24, 2.45) is 27.2 Å². The first-order chi connectivity index (χ1) is 8.49. The van der Waals surface area contributed by atoms with Crippen LogP contribution in [0.25, 0.3) is 11.0 Å². The van der Waals surface area contributed by atoms with Gasteiger partial charge in [0.05, 0.1) is 16.9 Å². The van der Waals surface area contributed by atoms with Crippen molar-refractivity contribution in [1.29, 1.82) is 0 Å². The first-order valence-electron chi connectivity index (χ1n) is 4.74. The number of guanidine groups is 2. The molecule has 0 aliphatic heterocycles. The highest BCUT2D eigenvalue weighted by atomic mass is 35.5. The smallest absolute Gasteiger partial charge is 0.223 e. The number of H-pyrrole nitrogens is 1. The summed E-state index contributed by atoms with van der Waals surface area (Å²) in [6, 6.07) is 1.48. The Morgan fingerprint density at radius 3 is 2.78 bits per heavy atom. The molecule has 0 amide bonds. The molecule has 0 aliphatic rings. The van der Waals surface area contributed by atoms with Gasteiger partial charge in [-0.25, -0.2) is 14.4 Å². The number of nitrogens with one attached hydrogen (secondary N) is 1. The van der Waals surface area contributed by atoms with Crippen LogP contribution < -0.4 is 17.2 Å². The molecule has 9 heteroatoms. The summed E-state index contributed by atoms with van der Waals surface area (Å²) < 4.78 is 14.0. The molecule has 7 nitrogen and oxygen atoms in total. The van der Waals surface area contributed by atoms with Gasteiger partial charge in [-0.15, -0.1) is 0 Å². The van der Waals surface area contributed by atoms with E-state index >= 15 is 0 Å². The minimum atomic E-state index is -0.701. The third kappa shape index (κ3) is 2.18. The maximum absolute atomic E-state index is 14.0. The second kappa shape index (κ2) is 4.49. The second-order valence-electron chi connectivity index (χ2n) is 3.33. The number of nitrogens with zero attached hydrogens (tertiary/aromatic N) is 3. The Kier molecular flexibility index (Phi) is 3.02. The van der Waals surface area contributed by atoms with Crippen LogP contribution in [0.1, 0.15) is 0 Å². The number of aromatic amines is 1. The van der Waals surface area contributed by atoms with Crippen molar-refractivity contribution in [1.82, 2.24) is 9.97 Å². The lowest BCUT2D eigenvalue weighted by Gasteiger charge is -2.02. The van der Waals surface area contributed by atoms with Crippen LogP contribution in [-0.2, 0) is 0 Å². The Bertz CT molecular complexity index is 656. The number of benzene rings is 1. The molecule has 0 saturated carbocycles. The number of hydrogen-bond acceptors (Lipinski definition) is 2. The van der Waals surface area contributed by atoms with E-state index in [1.54, 1.807) is 0 Å². The van der Waals surface area contributed by atoms with Gasteiger partial charge in [0.15, 0.2) is 11.8 Å². The fourth-order valence-electron chi connectivity index (χ4n) is 1.38. The third-order valence-corrected chi connectivity index (χ3v) is 2.34. The van der Waals surface area contributed by atoms with E-state index in [0.717, 1.165) is 0 Å². The topological polar surface area (TPSA) is 131 Å². The number of halogens is 2. The summed E-state index contributed by atoms with van der Waals surface area (Å²) in [7, 11) is 0. The fourth-order valence-corrected chi connectivity index (χ4v) is 1.61. The fraction of sp³-hybridized carbons (Fsp3) is 0. The largest absolute Gasteiger partial charge is 0.370 e. The maximum atomic E-state index is 14.0. The van der Waals surface area contributed by atoms with Crippen molar-refractivity contribution in [3.05, 3.63) is 23.2 Å². The third-order valence-electron chi connectivity index (χ3n) is 2.05. The van der Waals surface area contributed by atoms with Crippen LogP contribution >= 0.6 is 11.6 Å². The van der Waals surface area contributed by atoms with Gasteiger partial charge in [0.25, 0.3) is 0 Å². The van der Waals surface area contributed by atoms with E-state index in [2.05, 4.69) is 20.0 Å². The van der Waals surface area contributed by atoms with E-state index in [1.165, 1.54) is 12.4 Å². The predicted molar refractivity (Wildman–Crippen MR) is 68.2 cm³/mol. The van der Waals surface area contributed by atoms with Gasteiger partial charge in [0.2, 0.25) is 5.96 Å². The number of aliphatic imine (C=N–C) groups is 2. The van der Waals surface area contributed by atoms with Gasteiger partial charge in [-0.1, -0.05) is 11.6 Å². The number of hydrogen-bond donors (Lipinski definition) is 4. The molecule has 0 atom stereocenters. The van der Waals surface area contributed by atoms with Crippen LogP contribution in [-0.4, -0.2) is 21.9 Å². The SMILES string of the molecule is NC(N)=NC(N)=Nc1c(Cl)cc2[nH]cnc2c1F. The van der Waals surface area contributed by atoms with Crippen molar-refractivity contribution < 1.29 is 4.39 Å². The maximum Gasteiger partial charge on any atom is 0.223 e. The molecule has 0 unspecified atom stereocenters. The second-order valence-corrected chi connectivity index (χ2v) is 3.73. The molecule has 94 valence electrons. The zero-order chi connectivity index (χ0) is 13.3. The van der Waals surface area contributed by atoms with Crippen LogP contribution in [0.2, 0.25) is 5.02 Å². The summed E-state index contributed by atoms with van der Waals surface area (Å²) >= 11 is 5.88. The average molecular weight is 270 g/mol. The Balaban J connectivity index is 2.60. The predicted octanol–water partition coefficient (Wildman–Crippen LogP) is 0.575. The molecular formula is C9H9ClFN7. The summed E-state index contributed by atoms with van der Waals surface area (Å²) in [5.74, 6) is -1.29. The number of rotatable bonds is 1. The van der Waals surface area contributed by atoms with Crippen LogP contribution in [0.3, 0.4) is 0 Å². The lowest BCUT2D eigenvalue weighted by atomic mass is 10.2. The van der Waals surface area contributed by atoms with Crippen molar-refractivity contribution in [3.63, 3.8) is 0 Å². The minimum absolute atomic E-state index is 0.0676. The van der Waals surface area contributed by atoms with E-state index < -0.39 is 5.82 Å².